The summed E-state index contributed by atoms with van der Waals surface area (Å²) in [5.74, 6) is 3.70. The maximum Gasteiger partial charge on any atom is 0.164 e. The third-order valence-electron chi connectivity index (χ3n) is 12.0. The summed E-state index contributed by atoms with van der Waals surface area (Å²) in [6, 6.07) is 70.9. The lowest BCUT2D eigenvalue weighted by Gasteiger charge is -2.39. The van der Waals surface area contributed by atoms with Gasteiger partial charge in [-0.2, -0.15) is 0 Å². The van der Waals surface area contributed by atoms with Crippen molar-refractivity contribution in [2.45, 2.75) is 5.41 Å². The molecule has 270 valence electrons. The van der Waals surface area contributed by atoms with Gasteiger partial charge in [-0.05, 0) is 79.2 Å². The molecule has 2 aliphatic rings. The molecule has 1 aliphatic heterocycles. The molecule has 2 heterocycles. The van der Waals surface area contributed by atoms with Gasteiger partial charge in [0.25, 0.3) is 0 Å². The Morgan fingerprint density at radius 3 is 1.34 bits per heavy atom. The fourth-order valence-corrected chi connectivity index (χ4v) is 9.36. The van der Waals surface area contributed by atoms with E-state index in [2.05, 4.69) is 200 Å². The van der Waals surface area contributed by atoms with Crippen molar-refractivity contribution in [1.29, 1.82) is 0 Å². The van der Waals surface area contributed by atoms with E-state index in [4.69, 9.17) is 19.7 Å². The van der Waals surface area contributed by atoms with Crippen LogP contribution in [0.4, 0.5) is 0 Å². The highest BCUT2D eigenvalue weighted by Gasteiger charge is 2.51. The zero-order valence-electron chi connectivity index (χ0n) is 31.3. The van der Waals surface area contributed by atoms with E-state index in [1.165, 1.54) is 38.6 Å². The Bertz CT molecular complexity index is 3130. The molecular formula is C54H33N3O. The van der Waals surface area contributed by atoms with Crippen molar-refractivity contribution >= 4 is 21.5 Å². The van der Waals surface area contributed by atoms with E-state index in [1.54, 1.807) is 0 Å². The van der Waals surface area contributed by atoms with Crippen LogP contribution in [0.5, 0.6) is 11.5 Å². The van der Waals surface area contributed by atoms with E-state index in [0.717, 1.165) is 55.7 Å². The first-order valence-corrected chi connectivity index (χ1v) is 19.7. The van der Waals surface area contributed by atoms with Crippen LogP contribution in [0, 0.1) is 0 Å². The van der Waals surface area contributed by atoms with Crippen molar-refractivity contribution in [2.24, 2.45) is 0 Å². The molecular weight excluding hydrogens is 707 g/mol. The summed E-state index contributed by atoms with van der Waals surface area (Å²) in [4.78, 5) is 15.3. The van der Waals surface area contributed by atoms with Crippen LogP contribution in [0.15, 0.2) is 200 Å². The predicted molar refractivity (Wildman–Crippen MR) is 234 cm³/mol. The first-order valence-electron chi connectivity index (χ1n) is 19.7. The number of nitrogens with zero attached hydrogens (tertiary/aromatic N) is 3. The number of aromatic nitrogens is 3. The van der Waals surface area contributed by atoms with Crippen molar-refractivity contribution in [3.63, 3.8) is 0 Å². The van der Waals surface area contributed by atoms with E-state index >= 15 is 0 Å². The fourth-order valence-electron chi connectivity index (χ4n) is 9.36. The third-order valence-corrected chi connectivity index (χ3v) is 12.0. The summed E-state index contributed by atoms with van der Waals surface area (Å²) >= 11 is 0. The molecule has 0 N–H and O–H groups in total. The van der Waals surface area contributed by atoms with Gasteiger partial charge < -0.3 is 4.74 Å². The SMILES string of the molecule is c1ccc2c(c1)Oc1ccccc1C21c2ccccc2-c2c(-c3ccc(-c4nc(-c5ccc6ccccc6c5)nc(-c5ccc6ccccc6c5)n4)cc3)cccc21. The Balaban J connectivity index is 1.01. The van der Waals surface area contributed by atoms with Crippen LogP contribution >= 0.6 is 0 Å². The van der Waals surface area contributed by atoms with Gasteiger partial charge >= 0.3 is 0 Å². The Labute approximate surface area is 335 Å². The molecule has 1 aliphatic carbocycles. The van der Waals surface area contributed by atoms with Crippen molar-refractivity contribution in [2.75, 3.05) is 0 Å². The molecule has 0 saturated carbocycles. The summed E-state index contributed by atoms with van der Waals surface area (Å²) in [5.41, 5.74) is 11.9. The van der Waals surface area contributed by atoms with Crippen molar-refractivity contribution in [1.82, 2.24) is 15.0 Å². The highest BCUT2D eigenvalue weighted by Crippen LogP contribution is 2.63. The van der Waals surface area contributed by atoms with Crippen molar-refractivity contribution in [3.05, 3.63) is 222 Å². The molecule has 10 aromatic rings. The minimum Gasteiger partial charge on any atom is -0.457 e. The smallest absolute Gasteiger partial charge is 0.164 e. The molecule has 12 rings (SSSR count). The van der Waals surface area contributed by atoms with E-state index in [0.29, 0.717) is 17.5 Å². The molecule has 0 radical (unpaired) electrons. The Hall–Kier alpha value is -7.69. The lowest BCUT2D eigenvalue weighted by molar-refractivity contribution is 0.436. The minimum atomic E-state index is -0.517. The van der Waals surface area contributed by atoms with Gasteiger partial charge in [0.15, 0.2) is 17.5 Å². The molecule has 0 saturated heterocycles. The number of hydrogen-bond acceptors (Lipinski definition) is 4. The molecule has 0 fully saturated rings. The summed E-state index contributed by atoms with van der Waals surface area (Å²) < 4.78 is 6.56. The van der Waals surface area contributed by atoms with Crippen LogP contribution in [-0.4, -0.2) is 15.0 Å². The number of ether oxygens (including phenoxy) is 1. The molecule has 0 unspecified atom stereocenters. The van der Waals surface area contributed by atoms with Gasteiger partial charge in [-0.15, -0.1) is 0 Å². The number of benzene rings is 9. The van der Waals surface area contributed by atoms with E-state index < -0.39 is 5.41 Å². The van der Waals surface area contributed by atoms with Crippen LogP contribution in [0.3, 0.4) is 0 Å². The number of hydrogen-bond donors (Lipinski definition) is 0. The Morgan fingerprint density at radius 1 is 0.310 bits per heavy atom. The summed E-state index contributed by atoms with van der Waals surface area (Å²) in [6.07, 6.45) is 0. The molecule has 0 atom stereocenters. The fraction of sp³-hybridized carbons (Fsp3) is 0.0185. The molecule has 1 aromatic heterocycles. The Kier molecular flexibility index (Phi) is 7.11. The molecule has 4 heteroatoms. The van der Waals surface area contributed by atoms with Crippen LogP contribution in [-0.2, 0) is 5.41 Å². The average Bonchev–Trinajstić information content (AvgIpc) is 3.59. The van der Waals surface area contributed by atoms with Crippen LogP contribution < -0.4 is 4.74 Å². The summed E-state index contributed by atoms with van der Waals surface area (Å²) in [6.45, 7) is 0. The molecule has 9 aromatic carbocycles. The van der Waals surface area contributed by atoms with Gasteiger partial charge in [0.2, 0.25) is 0 Å². The van der Waals surface area contributed by atoms with Crippen molar-refractivity contribution < 1.29 is 4.74 Å². The van der Waals surface area contributed by atoms with Gasteiger partial charge in [0.1, 0.15) is 11.5 Å². The molecule has 1 spiro atoms. The number of fused-ring (bicyclic) bond motifs is 11. The summed E-state index contributed by atoms with van der Waals surface area (Å²) in [7, 11) is 0. The Morgan fingerprint density at radius 2 is 0.741 bits per heavy atom. The van der Waals surface area contributed by atoms with Crippen LogP contribution in [0.2, 0.25) is 0 Å². The van der Waals surface area contributed by atoms with Gasteiger partial charge in [0.05, 0.1) is 5.41 Å². The molecule has 0 bridgehead atoms. The quantitative estimate of drug-likeness (QED) is 0.180. The van der Waals surface area contributed by atoms with E-state index in [1.807, 2.05) is 0 Å². The lowest BCUT2D eigenvalue weighted by Crippen LogP contribution is -2.32. The molecule has 0 amide bonds. The van der Waals surface area contributed by atoms with Gasteiger partial charge in [0, 0.05) is 27.8 Å². The summed E-state index contributed by atoms with van der Waals surface area (Å²) in [5, 5.41) is 4.64. The second kappa shape index (κ2) is 12.7. The van der Waals surface area contributed by atoms with Crippen molar-refractivity contribution in [3.8, 4) is 67.9 Å². The largest absolute Gasteiger partial charge is 0.457 e. The third kappa shape index (κ3) is 4.85. The normalized spacial score (nSPS) is 13.1. The van der Waals surface area contributed by atoms with Crippen LogP contribution in [0.25, 0.3) is 78.0 Å². The zero-order valence-corrected chi connectivity index (χ0v) is 31.3. The standard InChI is InChI=1S/C54H33N3O/c1-3-14-38-32-40(30-24-34(38)12-1)52-55-51(56-53(57-52)41-31-25-35-13-2-4-15-39(35)33-41)37-28-26-36(27-29-37)42-17-11-21-47-50(42)43-16-5-6-18-44(43)54(47)45-19-7-9-22-48(45)58-49-23-10-8-20-46(49)54/h1-33H. The highest BCUT2D eigenvalue weighted by molar-refractivity contribution is 5.97. The second-order valence-corrected chi connectivity index (χ2v) is 15.1. The second-order valence-electron chi connectivity index (χ2n) is 15.1. The monoisotopic (exact) mass is 739 g/mol. The van der Waals surface area contributed by atoms with E-state index in [-0.39, 0.29) is 0 Å². The maximum absolute atomic E-state index is 6.56. The van der Waals surface area contributed by atoms with Gasteiger partial charge in [-0.1, -0.05) is 176 Å². The first kappa shape index (κ1) is 32.5. The predicted octanol–water partition coefficient (Wildman–Crippen LogP) is 13.3. The maximum atomic E-state index is 6.56. The van der Waals surface area contributed by atoms with Gasteiger partial charge in [-0.25, -0.2) is 15.0 Å². The number of rotatable bonds is 4. The van der Waals surface area contributed by atoms with Gasteiger partial charge in [-0.3, -0.25) is 0 Å². The zero-order chi connectivity index (χ0) is 38.2. The average molecular weight is 740 g/mol. The molecule has 58 heavy (non-hydrogen) atoms. The minimum absolute atomic E-state index is 0.517. The highest BCUT2D eigenvalue weighted by atomic mass is 16.5. The van der Waals surface area contributed by atoms with E-state index in [9.17, 15) is 0 Å². The molecule has 4 nitrogen and oxygen atoms in total. The number of para-hydroxylation sites is 2. The first-order chi connectivity index (χ1) is 28.7. The topological polar surface area (TPSA) is 47.9 Å². The lowest BCUT2D eigenvalue weighted by atomic mass is 9.66. The van der Waals surface area contributed by atoms with Crippen LogP contribution in [0.1, 0.15) is 22.3 Å².